The molecule has 0 fully saturated rings. The van der Waals surface area contributed by atoms with E-state index in [-0.39, 0.29) is 24.4 Å². The highest BCUT2D eigenvalue weighted by Gasteiger charge is 2.35. The van der Waals surface area contributed by atoms with Crippen LogP contribution >= 0.6 is 0 Å². The average molecular weight is 250 g/mol. The molecule has 0 N–H and O–H groups in total. The standard InChI is InChI=1S/C12H26O5/c1-7-9(14-3)11(16-5)12(17-6)10(15-4)8-13-2/h9-12H,7-8H2,1-6H3. The number of rotatable bonds is 10. The van der Waals surface area contributed by atoms with Crippen LogP contribution in [0.25, 0.3) is 0 Å². The molecule has 5 nitrogen and oxygen atoms in total. The molecule has 104 valence electrons. The molecule has 0 radical (unpaired) electrons. The topological polar surface area (TPSA) is 46.2 Å². The van der Waals surface area contributed by atoms with Gasteiger partial charge in [-0.15, -0.1) is 0 Å². The van der Waals surface area contributed by atoms with Crippen LogP contribution in [-0.4, -0.2) is 66.6 Å². The SMILES string of the molecule is CCC(OC)C(OC)C(OC)C(COC)OC. The predicted molar refractivity (Wildman–Crippen MR) is 65.4 cm³/mol. The molecule has 0 saturated carbocycles. The van der Waals surface area contributed by atoms with Gasteiger partial charge < -0.3 is 23.7 Å². The molecule has 0 saturated heterocycles. The number of hydrogen-bond donors (Lipinski definition) is 0. The summed E-state index contributed by atoms with van der Waals surface area (Å²) in [5.41, 5.74) is 0. The van der Waals surface area contributed by atoms with E-state index in [9.17, 15) is 0 Å². The molecule has 4 unspecified atom stereocenters. The van der Waals surface area contributed by atoms with Gasteiger partial charge in [0.05, 0.1) is 12.7 Å². The van der Waals surface area contributed by atoms with Gasteiger partial charge in [-0.3, -0.25) is 0 Å². The van der Waals surface area contributed by atoms with Gasteiger partial charge in [0.1, 0.15) is 18.3 Å². The van der Waals surface area contributed by atoms with Gasteiger partial charge in [0.2, 0.25) is 0 Å². The van der Waals surface area contributed by atoms with Gasteiger partial charge >= 0.3 is 0 Å². The molecular weight excluding hydrogens is 224 g/mol. The van der Waals surface area contributed by atoms with Crippen LogP contribution in [0.4, 0.5) is 0 Å². The van der Waals surface area contributed by atoms with E-state index in [4.69, 9.17) is 23.7 Å². The molecule has 0 aromatic carbocycles. The summed E-state index contributed by atoms with van der Waals surface area (Å²) >= 11 is 0. The second-order valence-electron chi connectivity index (χ2n) is 3.81. The zero-order chi connectivity index (χ0) is 13.3. The first-order valence-corrected chi connectivity index (χ1v) is 5.80. The van der Waals surface area contributed by atoms with Crippen molar-refractivity contribution in [1.29, 1.82) is 0 Å². The Morgan fingerprint density at radius 3 is 1.47 bits per heavy atom. The van der Waals surface area contributed by atoms with Crippen LogP contribution in [0.3, 0.4) is 0 Å². The van der Waals surface area contributed by atoms with Crippen LogP contribution in [0.5, 0.6) is 0 Å². The van der Waals surface area contributed by atoms with Gasteiger partial charge in [0.15, 0.2) is 0 Å². The summed E-state index contributed by atoms with van der Waals surface area (Å²) in [4.78, 5) is 0. The van der Waals surface area contributed by atoms with E-state index < -0.39 is 0 Å². The fourth-order valence-corrected chi connectivity index (χ4v) is 1.99. The molecule has 0 rings (SSSR count). The lowest BCUT2D eigenvalue weighted by atomic mass is 10.0. The Morgan fingerprint density at radius 2 is 1.18 bits per heavy atom. The van der Waals surface area contributed by atoms with E-state index in [0.29, 0.717) is 6.61 Å². The Labute approximate surface area is 104 Å². The maximum absolute atomic E-state index is 5.49. The molecule has 0 aromatic heterocycles. The highest BCUT2D eigenvalue weighted by Crippen LogP contribution is 2.18. The lowest BCUT2D eigenvalue weighted by Crippen LogP contribution is -2.49. The van der Waals surface area contributed by atoms with E-state index in [2.05, 4.69) is 0 Å². The summed E-state index contributed by atoms with van der Waals surface area (Å²) in [5.74, 6) is 0. The molecule has 0 aromatic rings. The third kappa shape index (κ3) is 4.89. The minimum atomic E-state index is -0.227. The van der Waals surface area contributed by atoms with Crippen molar-refractivity contribution in [2.75, 3.05) is 42.2 Å². The average Bonchev–Trinajstić information content (AvgIpc) is 2.37. The van der Waals surface area contributed by atoms with Crippen molar-refractivity contribution < 1.29 is 23.7 Å². The molecular formula is C12H26O5. The molecule has 0 aliphatic rings. The Morgan fingerprint density at radius 1 is 0.706 bits per heavy atom. The Bertz CT molecular complexity index is 172. The van der Waals surface area contributed by atoms with Crippen molar-refractivity contribution in [2.24, 2.45) is 0 Å². The lowest BCUT2D eigenvalue weighted by molar-refractivity contribution is -0.158. The minimum absolute atomic E-state index is 0.0283. The van der Waals surface area contributed by atoms with Crippen molar-refractivity contribution in [3.63, 3.8) is 0 Å². The first kappa shape index (κ1) is 16.8. The molecule has 0 aliphatic heterocycles. The molecule has 4 atom stereocenters. The third-order valence-electron chi connectivity index (χ3n) is 2.94. The Hall–Kier alpha value is -0.200. The quantitative estimate of drug-likeness (QED) is 0.581. The molecule has 0 heterocycles. The second-order valence-corrected chi connectivity index (χ2v) is 3.81. The van der Waals surface area contributed by atoms with E-state index >= 15 is 0 Å². The number of methoxy groups -OCH3 is 5. The first-order chi connectivity index (χ1) is 8.19. The first-order valence-electron chi connectivity index (χ1n) is 5.80. The van der Waals surface area contributed by atoms with E-state index in [1.807, 2.05) is 6.92 Å². The van der Waals surface area contributed by atoms with Crippen LogP contribution < -0.4 is 0 Å². The van der Waals surface area contributed by atoms with Crippen molar-refractivity contribution >= 4 is 0 Å². The zero-order valence-corrected chi connectivity index (χ0v) is 11.8. The summed E-state index contributed by atoms with van der Waals surface area (Å²) in [5, 5.41) is 0. The van der Waals surface area contributed by atoms with E-state index in [1.165, 1.54) is 0 Å². The van der Waals surface area contributed by atoms with Crippen LogP contribution in [0.2, 0.25) is 0 Å². The fourth-order valence-electron chi connectivity index (χ4n) is 1.99. The van der Waals surface area contributed by atoms with Gasteiger partial charge in [-0.1, -0.05) is 6.92 Å². The van der Waals surface area contributed by atoms with Crippen molar-refractivity contribution in [2.45, 2.75) is 37.8 Å². The summed E-state index contributed by atoms with van der Waals surface area (Å²) in [6.07, 6.45) is 0.224. The lowest BCUT2D eigenvalue weighted by Gasteiger charge is -2.34. The summed E-state index contributed by atoms with van der Waals surface area (Å²) in [7, 11) is 8.23. The van der Waals surface area contributed by atoms with Crippen LogP contribution in [-0.2, 0) is 23.7 Å². The van der Waals surface area contributed by atoms with Gasteiger partial charge in [0.25, 0.3) is 0 Å². The van der Waals surface area contributed by atoms with Crippen molar-refractivity contribution in [1.82, 2.24) is 0 Å². The molecule has 0 amide bonds. The van der Waals surface area contributed by atoms with E-state index in [1.54, 1.807) is 35.5 Å². The molecule has 5 heteroatoms. The number of hydrogen-bond acceptors (Lipinski definition) is 5. The van der Waals surface area contributed by atoms with Gasteiger partial charge in [-0.25, -0.2) is 0 Å². The predicted octanol–water partition coefficient (Wildman–Crippen LogP) is 1.10. The van der Waals surface area contributed by atoms with Crippen molar-refractivity contribution in [3.8, 4) is 0 Å². The Balaban J connectivity index is 4.76. The maximum atomic E-state index is 5.49. The van der Waals surface area contributed by atoms with E-state index in [0.717, 1.165) is 6.42 Å². The third-order valence-corrected chi connectivity index (χ3v) is 2.94. The summed E-state index contributed by atoms with van der Waals surface area (Å²) in [6, 6.07) is 0. The maximum Gasteiger partial charge on any atom is 0.114 e. The smallest absolute Gasteiger partial charge is 0.114 e. The summed E-state index contributed by atoms with van der Waals surface area (Å²) < 4.78 is 26.9. The second kappa shape index (κ2) is 9.79. The van der Waals surface area contributed by atoms with Crippen molar-refractivity contribution in [3.05, 3.63) is 0 Å². The molecule has 0 spiro atoms. The summed E-state index contributed by atoms with van der Waals surface area (Å²) in [6.45, 7) is 2.50. The molecule has 17 heavy (non-hydrogen) atoms. The molecule has 0 aliphatic carbocycles. The van der Waals surface area contributed by atoms with Gasteiger partial charge in [0, 0.05) is 35.5 Å². The largest absolute Gasteiger partial charge is 0.382 e. The van der Waals surface area contributed by atoms with Gasteiger partial charge in [-0.05, 0) is 6.42 Å². The minimum Gasteiger partial charge on any atom is -0.382 e. The van der Waals surface area contributed by atoms with Crippen LogP contribution in [0, 0.1) is 0 Å². The van der Waals surface area contributed by atoms with Gasteiger partial charge in [-0.2, -0.15) is 0 Å². The Kier molecular flexibility index (Phi) is 9.68. The number of ether oxygens (including phenoxy) is 5. The molecule has 0 bridgehead atoms. The highest BCUT2D eigenvalue weighted by molar-refractivity contribution is 4.84. The normalized spacial score (nSPS) is 18.7. The zero-order valence-electron chi connectivity index (χ0n) is 11.8. The monoisotopic (exact) mass is 250 g/mol. The highest BCUT2D eigenvalue weighted by atomic mass is 16.6. The van der Waals surface area contributed by atoms with Crippen LogP contribution in [0.15, 0.2) is 0 Å². The van der Waals surface area contributed by atoms with Crippen LogP contribution in [0.1, 0.15) is 13.3 Å². The fraction of sp³-hybridized carbons (Fsp3) is 1.00.